The Kier molecular flexibility index (Phi) is 4.45. The Balaban J connectivity index is 1.35. The fourth-order valence-corrected chi connectivity index (χ4v) is 7.11. The molecule has 1 N–H and O–H groups in total. The van der Waals surface area contributed by atoms with Crippen LogP contribution in [0.25, 0.3) is 5.69 Å². The summed E-state index contributed by atoms with van der Waals surface area (Å²) < 4.78 is 7.53. The first-order valence-corrected chi connectivity index (χ1v) is 11.7. The number of rotatable bonds is 3. The summed E-state index contributed by atoms with van der Waals surface area (Å²) in [6.45, 7) is 1.04. The van der Waals surface area contributed by atoms with Gasteiger partial charge in [0.05, 0.1) is 34.6 Å². The molecule has 4 fully saturated rings. The minimum atomic E-state index is -0.0579. The van der Waals surface area contributed by atoms with E-state index in [1.165, 1.54) is 19.3 Å². The van der Waals surface area contributed by atoms with E-state index in [1.807, 2.05) is 10.7 Å². The maximum Gasteiger partial charge on any atom is 0.272 e. The van der Waals surface area contributed by atoms with Crippen LogP contribution in [0.2, 0.25) is 10.0 Å². The average molecular weight is 446 g/mol. The third-order valence-electron chi connectivity index (χ3n) is 7.60. The van der Waals surface area contributed by atoms with Gasteiger partial charge in [-0.25, -0.2) is 4.68 Å². The van der Waals surface area contributed by atoms with Gasteiger partial charge in [0.25, 0.3) is 5.91 Å². The van der Waals surface area contributed by atoms with Crippen molar-refractivity contribution in [3.8, 4) is 5.69 Å². The molecule has 0 saturated heterocycles. The molecule has 0 atom stereocenters. The lowest BCUT2D eigenvalue weighted by Crippen LogP contribution is -2.60. The van der Waals surface area contributed by atoms with Gasteiger partial charge >= 0.3 is 0 Å². The molecule has 7 heteroatoms. The highest BCUT2D eigenvalue weighted by atomic mass is 35.5. The zero-order chi connectivity index (χ0) is 20.5. The molecule has 5 nitrogen and oxygen atoms in total. The summed E-state index contributed by atoms with van der Waals surface area (Å²) >= 11 is 12.3. The second kappa shape index (κ2) is 6.98. The number of amides is 1. The third-order valence-corrected chi connectivity index (χ3v) is 8.34. The third kappa shape index (κ3) is 3.09. The van der Waals surface area contributed by atoms with Crippen molar-refractivity contribution in [1.29, 1.82) is 0 Å². The van der Waals surface area contributed by atoms with E-state index >= 15 is 0 Å². The van der Waals surface area contributed by atoms with Crippen molar-refractivity contribution in [2.24, 2.45) is 17.8 Å². The van der Waals surface area contributed by atoms with E-state index in [0.29, 0.717) is 35.4 Å². The SMILES string of the molecule is O=C(NC12CC3CC(CC(C3)C1)C2)c1nn(-c2ccc(Cl)c(Cl)c2)c2c1COCC2. The molecule has 0 spiro atoms. The van der Waals surface area contributed by atoms with Crippen LogP contribution in [-0.4, -0.2) is 27.8 Å². The van der Waals surface area contributed by atoms with Crippen LogP contribution >= 0.6 is 23.2 Å². The van der Waals surface area contributed by atoms with Crippen molar-refractivity contribution in [1.82, 2.24) is 15.1 Å². The summed E-state index contributed by atoms with van der Waals surface area (Å²) in [5.74, 6) is 2.28. The summed E-state index contributed by atoms with van der Waals surface area (Å²) in [7, 11) is 0. The number of carbonyl (C=O) groups excluding carboxylic acids is 1. The number of hydrogen-bond acceptors (Lipinski definition) is 3. The smallest absolute Gasteiger partial charge is 0.272 e. The lowest BCUT2D eigenvalue weighted by molar-refractivity contribution is -0.0168. The van der Waals surface area contributed by atoms with Gasteiger partial charge in [-0.15, -0.1) is 0 Å². The fourth-order valence-electron chi connectivity index (χ4n) is 6.81. The van der Waals surface area contributed by atoms with Gasteiger partial charge in [0, 0.05) is 17.5 Å². The van der Waals surface area contributed by atoms with Crippen molar-refractivity contribution in [3.63, 3.8) is 0 Å². The predicted molar refractivity (Wildman–Crippen MR) is 115 cm³/mol. The Hall–Kier alpha value is -1.56. The summed E-state index contributed by atoms with van der Waals surface area (Å²) in [5.41, 5.74) is 3.19. The van der Waals surface area contributed by atoms with E-state index < -0.39 is 0 Å². The number of fused-ring (bicyclic) bond motifs is 1. The van der Waals surface area contributed by atoms with Crippen LogP contribution in [0, 0.1) is 17.8 Å². The maximum absolute atomic E-state index is 13.5. The summed E-state index contributed by atoms with van der Waals surface area (Å²) in [6.07, 6.45) is 8.14. The van der Waals surface area contributed by atoms with Gasteiger partial charge in [-0.1, -0.05) is 23.2 Å². The number of nitrogens with one attached hydrogen (secondary N) is 1. The Labute approximate surface area is 186 Å². The zero-order valence-corrected chi connectivity index (χ0v) is 18.3. The highest BCUT2D eigenvalue weighted by Crippen LogP contribution is 2.55. The molecule has 1 aromatic carbocycles. The van der Waals surface area contributed by atoms with E-state index in [9.17, 15) is 4.79 Å². The van der Waals surface area contributed by atoms with Crippen LogP contribution in [0.5, 0.6) is 0 Å². The molecule has 2 heterocycles. The van der Waals surface area contributed by atoms with Crippen LogP contribution in [-0.2, 0) is 17.8 Å². The summed E-state index contributed by atoms with van der Waals surface area (Å²) in [5, 5.41) is 9.19. The van der Waals surface area contributed by atoms with Gasteiger partial charge in [-0.3, -0.25) is 4.79 Å². The van der Waals surface area contributed by atoms with Gasteiger partial charge in [0.15, 0.2) is 5.69 Å². The molecule has 1 amide bonds. The fraction of sp³-hybridized carbons (Fsp3) is 0.565. The summed E-state index contributed by atoms with van der Waals surface area (Å²) in [4.78, 5) is 13.5. The number of ether oxygens (including phenoxy) is 1. The number of benzene rings is 1. The number of halogens is 2. The van der Waals surface area contributed by atoms with E-state index in [2.05, 4.69) is 5.32 Å². The highest BCUT2D eigenvalue weighted by molar-refractivity contribution is 6.42. The van der Waals surface area contributed by atoms with E-state index in [1.54, 1.807) is 12.1 Å². The molecule has 2 aromatic rings. The van der Waals surface area contributed by atoms with E-state index in [0.717, 1.165) is 54.0 Å². The zero-order valence-electron chi connectivity index (χ0n) is 16.8. The van der Waals surface area contributed by atoms with Crippen LogP contribution < -0.4 is 5.32 Å². The van der Waals surface area contributed by atoms with Crippen molar-refractivity contribution < 1.29 is 9.53 Å². The Morgan fingerprint density at radius 1 is 1.10 bits per heavy atom. The van der Waals surface area contributed by atoms with Crippen molar-refractivity contribution in [2.45, 2.75) is 57.1 Å². The molecule has 5 aliphatic rings. The molecule has 1 aliphatic heterocycles. The molecule has 158 valence electrons. The average Bonchev–Trinajstić information content (AvgIpc) is 3.09. The molecule has 4 bridgehead atoms. The van der Waals surface area contributed by atoms with Crippen LogP contribution in [0.15, 0.2) is 18.2 Å². The van der Waals surface area contributed by atoms with Crippen LogP contribution in [0.3, 0.4) is 0 Å². The normalized spacial score (nSPS) is 31.6. The topological polar surface area (TPSA) is 56.2 Å². The minimum absolute atomic E-state index is 0.0401. The van der Waals surface area contributed by atoms with Gasteiger partial charge in [0.1, 0.15) is 0 Å². The number of nitrogens with zero attached hydrogens (tertiary/aromatic N) is 2. The molecule has 4 saturated carbocycles. The van der Waals surface area contributed by atoms with Crippen molar-refractivity contribution in [2.75, 3.05) is 6.61 Å². The van der Waals surface area contributed by atoms with Crippen LogP contribution in [0.1, 0.15) is 60.3 Å². The lowest BCUT2D eigenvalue weighted by atomic mass is 9.53. The van der Waals surface area contributed by atoms with Gasteiger partial charge in [-0.05, 0) is 74.5 Å². The van der Waals surface area contributed by atoms with Crippen molar-refractivity contribution >= 4 is 29.1 Å². The molecule has 30 heavy (non-hydrogen) atoms. The Morgan fingerprint density at radius 2 is 1.80 bits per heavy atom. The van der Waals surface area contributed by atoms with Gasteiger partial charge in [0.2, 0.25) is 0 Å². The Morgan fingerprint density at radius 3 is 2.47 bits per heavy atom. The lowest BCUT2D eigenvalue weighted by Gasteiger charge is -2.56. The molecule has 4 aliphatic carbocycles. The second-order valence-corrected chi connectivity index (χ2v) is 10.6. The van der Waals surface area contributed by atoms with E-state index in [4.69, 9.17) is 33.0 Å². The molecule has 1 aromatic heterocycles. The molecular weight excluding hydrogens is 421 g/mol. The molecule has 7 rings (SSSR count). The van der Waals surface area contributed by atoms with E-state index in [-0.39, 0.29) is 11.4 Å². The monoisotopic (exact) mass is 445 g/mol. The first-order valence-electron chi connectivity index (χ1n) is 11.0. The first-order chi connectivity index (χ1) is 14.5. The Bertz CT molecular complexity index is 996. The van der Waals surface area contributed by atoms with Crippen molar-refractivity contribution in [3.05, 3.63) is 45.2 Å². The maximum atomic E-state index is 13.5. The quantitative estimate of drug-likeness (QED) is 0.726. The summed E-state index contributed by atoms with van der Waals surface area (Å²) in [6, 6.07) is 5.45. The molecule has 0 unspecified atom stereocenters. The second-order valence-electron chi connectivity index (χ2n) is 9.74. The predicted octanol–water partition coefficient (Wildman–Crippen LogP) is 4.95. The largest absolute Gasteiger partial charge is 0.376 e. The van der Waals surface area contributed by atoms with Gasteiger partial charge in [-0.2, -0.15) is 5.10 Å². The number of hydrogen-bond donors (Lipinski definition) is 1. The number of carbonyl (C=O) groups is 1. The first kappa shape index (κ1) is 19.1. The number of aromatic nitrogens is 2. The molecular formula is C23H25Cl2N3O2. The molecule has 0 radical (unpaired) electrons. The highest BCUT2D eigenvalue weighted by Gasteiger charge is 2.51. The van der Waals surface area contributed by atoms with Gasteiger partial charge < -0.3 is 10.1 Å². The van der Waals surface area contributed by atoms with Crippen LogP contribution in [0.4, 0.5) is 0 Å². The standard InChI is InChI=1S/C23H25Cl2N3O2/c24-18-2-1-16(8-19(18)25)28-20-3-4-30-12-17(20)21(27-28)22(29)26-23-9-13-5-14(10-23)7-15(6-13)11-23/h1-2,8,13-15H,3-7,9-12H2,(H,26,29). The minimum Gasteiger partial charge on any atom is -0.376 e.